The highest BCUT2D eigenvalue weighted by Crippen LogP contribution is 2.20. The van der Waals surface area contributed by atoms with E-state index in [-0.39, 0.29) is 22.3 Å². The van der Waals surface area contributed by atoms with Crippen molar-refractivity contribution < 1.29 is 12.8 Å². The minimum Gasteiger partial charge on any atom is -0.211 e. The predicted octanol–water partition coefficient (Wildman–Crippen LogP) is 3.00. The van der Waals surface area contributed by atoms with Crippen LogP contribution < -0.4 is 4.72 Å². The van der Waals surface area contributed by atoms with Gasteiger partial charge in [0.1, 0.15) is 10.7 Å². The Bertz CT molecular complexity index is 704. The van der Waals surface area contributed by atoms with Crippen molar-refractivity contribution in [3.05, 3.63) is 64.9 Å². The fraction of sp³-hybridized carbons (Fsp3) is 0.143. The van der Waals surface area contributed by atoms with Crippen LogP contribution in [0.25, 0.3) is 0 Å². The van der Waals surface area contributed by atoms with Crippen LogP contribution in [0.15, 0.2) is 53.4 Å². The Morgan fingerprint density at radius 3 is 2.55 bits per heavy atom. The summed E-state index contributed by atoms with van der Waals surface area (Å²) in [5.74, 6) is -0.337. The molecular formula is C14H13ClFNO2S. The third-order valence-electron chi connectivity index (χ3n) is 2.72. The summed E-state index contributed by atoms with van der Waals surface area (Å²) >= 11 is 5.86. The average molecular weight is 314 g/mol. The van der Waals surface area contributed by atoms with Gasteiger partial charge in [0, 0.05) is 6.54 Å². The highest BCUT2D eigenvalue weighted by atomic mass is 35.5. The molecule has 0 atom stereocenters. The number of benzene rings is 2. The lowest BCUT2D eigenvalue weighted by Gasteiger charge is -2.08. The first-order valence-electron chi connectivity index (χ1n) is 5.98. The van der Waals surface area contributed by atoms with Crippen LogP contribution in [0.5, 0.6) is 0 Å². The summed E-state index contributed by atoms with van der Waals surface area (Å²) in [7, 11) is -3.65. The molecule has 0 unspecified atom stereocenters. The molecule has 106 valence electrons. The van der Waals surface area contributed by atoms with Gasteiger partial charge in [0.2, 0.25) is 10.0 Å². The highest BCUT2D eigenvalue weighted by molar-refractivity contribution is 7.89. The summed E-state index contributed by atoms with van der Waals surface area (Å²) in [6.45, 7) is 0.178. The normalized spacial score (nSPS) is 11.5. The van der Waals surface area contributed by atoms with E-state index in [0.717, 1.165) is 5.56 Å². The predicted molar refractivity (Wildman–Crippen MR) is 76.7 cm³/mol. The first-order valence-corrected chi connectivity index (χ1v) is 7.84. The van der Waals surface area contributed by atoms with E-state index in [1.807, 2.05) is 0 Å². The van der Waals surface area contributed by atoms with Gasteiger partial charge in [-0.15, -0.1) is 0 Å². The summed E-state index contributed by atoms with van der Waals surface area (Å²) < 4.78 is 39.5. The van der Waals surface area contributed by atoms with Gasteiger partial charge in [-0.05, 0) is 36.2 Å². The Hall–Kier alpha value is -1.43. The minimum atomic E-state index is -3.65. The van der Waals surface area contributed by atoms with Crippen molar-refractivity contribution in [1.29, 1.82) is 0 Å². The zero-order valence-electron chi connectivity index (χ0n) is 10.5. The third-order valence-corrected chi connectivity index (χ3v) is 4.68. The van der Waals surface area contributed by atoms with E-state index >= 15 is 0 Å². The van der Waals surface area contributed by atoms with E-state index in [4.69, 9.17) is 11.6 Å². The molecular weight excluding hydrogens is 301 g/mol. The molecule has 0 aliphatic carbocycles. The van der Waals surface area contributed by atoms with Crippen LogP contribution in [0.3, 0.4) is 0 Å². The summed E-state index contributed by atoms with van der Waals surface area (Å²) in [6, 6.07) is 12.3. The van der Waals surface area contributed by atoms with Crippen LogP contribution >= 0.6 is 11.6 Å². The average Bonchev–Trinajstić information content (AvgIpc) is 2.39. The van der Waals surface area contributed by atoms with Gasteiger partial charge in [-0.2, -0.15) is 0 Å². The van der Waals surface area contributed by atoms with Crippen molar-refractivity contribution in [2.45, 2.75) is 11.3 Å². The molecule has 0 saturated heterocycles. The van der Waals surface area contributed by atoms with Gasteiger partial charge in [0.15, 0.2) is 0 Å². The number of hydrogen-bond donors (Lipinski definition) is 1. The van der Waals surface area contributed by atoms with Gasteiger partial charge >= 0.3 is 0 Å². The van der Waals surface area contributed by atoms with Crippen LogP contribution in [0, 0.1) is 5.82 Å². The lowest BCUT2D eigenvalue weighted by molar-refractivity contribution is 0.581. The standard InChI is InChI=1S/C14H13ClFNO2S/c15-13-6-1-2-7-14(13)20(18,19)17-9-8-11-4-3-5-12(16)10-11/h1-7,10,17H,8-9H2. The monoisotopic (exact) mass is 313 g/mol. The fourth-order valence-electron chi connectivity index (χ4n) is 1.76. The fourth-order valence-corrected chi connectivity index (χ4v) is 3.31. The lowest BCUT2D eigenvalue weighted by atomic mass is 10.1. The first-order chi connectivity index (χ1) is 9.49. The maximum atomic E-state index is 13.0. The van der Waals surface area contributed by atoms with Gasteiger partial charge in [-0.3, -0.25) is 0 Å². The maximum absolute atomic E-state index is 13.0. The summed E-state index contributed by atoms with van der Waals surface area (Å²) in [5, 5.41) is 0.172. The van der Waals surface area contributed by atoms with Gasteiger partial charge in [-0.25, -0.2) is 17.5 Å². The van der Waals surface area contributed by atoms with E-state index in [1.165, 1.54) is 24.3 Å². The van der Waals surface area contributed by atoms with Gasteiger partial charge < -0.3 is 0 Å². The Balaban J connectivity index is 2.02. The molecule has 0 fully saturated rings. The van der Waals surface area contributed by atoms with Crippen molar-refractivity contribution in [1.82, 2.24) is 4.72 Å². The molecule has 3 nitrogen and oxygen atoms in total. The van der Waals surface area contributed by atoms with Gasteiger partial charge in [0.05, 0.1) is 5.02 Å². The second-order valence-electron chi connectivity index (χ2n) is 4.21. The first kappa shape index (κ1) is 15.0. The molecule has 0 bridgehead atoms. The number of sulfonamides is 1. The molecule has 0 amide bonds. The Labute approximate surface area is 122 Å². The van der Waals surface area contributed by atoms with E-state index < -0.39 is 10.0 Å². The zero-order chi connectivity index (χ0) is 14.6. The van der Waals surface area contributed by atoms with Crippen molar-refractivity contribution >= 4 is 21.6 Å². The molecule has 20 heavy (non-hydrogen) atoms. The number of halogens is 2. The molecule has 0 aromatic heterocycles. The topological polar surface area (TPSA) is 46.2 Å². The SMILES string of the molecule is O=S(=O)(NCCc1cccc(F)c1)c1ccccc1Cl. The van der Waals surface area contributed by atoms with E-state index in [1.54, 1.807) is 24.3 Å². The Morgan fingerprint density at radius 2 is 1.85 bits per heavy atom. The quantitative estimate of drug-likeness (QED) is 0.922. The third kappa shape index (κ3) is 3.79. The number of hydrogen-bond acceptors (Lipinski definition) is 2. The molecule has 6 heteroatoms. The zero-order valence-corrected chi connectivity index (χ0v) is 12.1. The van der Waals surface area contributed by atoms with Crippen LogP contribution in [0.4, 0.5) is 4.39 Å². The van der Waals surface area contributed by atoms with Crippen LogP contribution in [0.2, 0.25) is 5.02 Å². The Morgan fingerprint density at radius 1 is 1.10 bits per heavy atom. The maximum Gasteiger partial charge on any atom is 0.242 e. The molecule has 0 aliphatic heterocycles. The van der Waals surface area contributed by atoms with Crippen LogP contribution in [-0.2, 0) is 16.4 Å². The molecule has 2 rings (SSSR count). The molecule has 0 saturated carbocycles. The molecule has 0 radical (unpaired) electrons. The minimum absolute atomic E-state index is 0.0425. The van der Waals surface area contributed by atoms with Crippen LogP contribution in [-0.4, -0.2) is 15.0 Å². The highest BCUT2D eigenvalue weighted by Gasteiger charge is 2.16. The molecule has 0 aliphatic rings. The number of nitrogens with one attached hydrogen (secondary N) is 1. The molecule has 0 heterocycles. The van der Waals surface area contributed by atoms with Crippen molar-refractivity contribution in [3.63, 3.8) is 0 Å². The van der Waals surface area contributed by atoms with Crippen molar-refractivity contribution in [2.75, 3.05) is 6.54 Å². The van der Waals surface area contributed by atoms with E-state index in [0.29, 0.717) is 6.42 Å². The van der Waals surface area contributed by atoms with Gasteiger partial charge in [-0.1, -0.05) is 35.9 Å². The summed E-state index contributed by atoms with van der Waals surface area (Å²) in [4.78, 5) is 0.0425. The van der Waals surface area contributed by atoms with E-state index in [9.17, 15) is 12.8 Å². The Kier molecular flexibility index (Phi) is 4.75. The second-order valence-corrected chi connectivity index (χ2v) is 6.35. The second kappa shape index (κ2) is 6.35. The van der Waals surface area contributed by atoms with E-state index in [2.05, 4.69) is 4.72 Å². The van der Waals surface area contributed by atoms with Crippen molar-refractivity contribution in [2.24, 2.45) is 0 Å². The summed E-state index contributed by atoms with van der Waals surface area (Å²) in [5.41, 5.74) is 0.729. The van der Waals surface area contributed by atoms with Crippen LogP contribution in [0.1, 0.15) is 5.56 Å². The molecule has 2 aromatic rings. The molecule has 1 N–H and O–H groups in total. The lowest BCUT2D eigenvalue weighted by Crippen LogP contribution is -2.26. The van der Waals surface area contributed by atoms with Gasteiger partial charge in [0.25, 0.3) is 0 Å². The largest absolute Gasteiger partial charge is 0.242 e. The molecule has 2 aromatic carbocycles. The molecule has 0 spiro atoms. The summed E-state index contributed by atoms with van der Waals surface area (Å²) in [6.07, 6.45) is 0.404. The van der Waals surface area contributed by atoms with Crippen molar-refractivity contribution in [3.8, 4) is 0 Å². The number of rotatable bonds is 5. The smallest absolute Gasteiger partial charge is 0.211 e.